The van der Waals surface area contributed by atoms with Gasteiger partial charge in [0.15, 0.2) is 16.6 Å². The van der Waals surface area contributed by atoms with Crippen molar-refractivity contribution in [3.8, 4) is 11.4 Å². The van der Waals surface area contributed by atoms with Gasteiger partial charge in [-0.05, 0) is 25.5 Å². The van der Waals surface area contributed by atoms with Crippen molar-refractivity contribution in [2.24, 2.45) is 0 Å². The van der Waals surface area contributed by atoms with Crippen LogP contribution in [0.3, 0.4) is 0 Å². The van der Waals surface area contributed by atoms with E-state index >= 15 is 0 Å². The molecule has 3 aromatic heterocycles. The highest BCUT2D eigenvalue weighted by Gasteiger charge is 2.14. The van der Waals surface area contributed by atoms with Crippen LogP contribution < -0.4 is 5.56 Å². The van der Waals surface area contributed by atoms with E-state index in [2.05, 4.69) is 20.3 Å². The van der Waals surface area contributed by atoms with Gasteiger partial charge in [-0.25, -0.2) is 0 Å². The van der Waals surface area contributed by atoms with E-state index in [4.69, 9.17) is 11.6 Å². The minimum Gasteiger partial charge on any atom is -0.328 e. The second-order valence-electron chi connectivity index (χ2n) is 4.24. The van der Waals surface area contributed by atoms with Crippen molar-refractivity contribution >= 4 is 17.2 Å². The Bertz CT molecular complexity index is 815. The predicted molar refractivity (Wildman–Crippen MR) is 71.3 cm³/mol. The topological polar surface area (TPSA) is 75.9 Å². The Morgan fingerprint density at radius 3 is 2.68 bits per heavy atom. The van der Waals surface area contributed by atoms with Crippen LogP contribution in [0.1, 0.15) is 11.1 Å². The molecule has 6 nitrogen and oxygen atoms in total. The molecule has 0 aliphatic heterocycles. The zero-order valence-electron chi connectivity index (χ0n) is 10.3. The van der Waals surface area contributed by atoms with Gasteiger partial charge in [-0.2, -0.15) is 9.61 Å². The lowest BCUT2D eigenvalue weighted by molar-refractivity contribution is 0.918. The van der Waals surface area contributed by atoms with E-state index in [1.54, 1.807) is 16.8 Å². The highest BCUT2D eigenvalue weighted by Crippen LogP contribution is 2.22. The predicted octanol–water partition coefficient (Wildman–Crippen LogP) is 1.75. The maximum atomic E-state index is 11.1. The summed E-state index contributed by atoms with van der Waals surface area (Å²) in [5.74, 6) is 0.538. The van der Waals surface area contributed by atoms with Crippen LogP contribution in [0.5, 0.6) is 0 Å². The SMILES string of the molecule is Cc1c(Cl)nn2c(-c3ccc(=O)[nH]c3)nnc2c1C. The molecule has 0 fully saturated rings. The van der Waals surface area contributed by atoms with Crippen molar-refractivity contribution < 1.29 is 0 Å². The van der Waals surface area contributed by atoms with Crippen molar-refractivity contribution in [1.82, 2.24) is 24.8 Å². The van der Waals surface area contributed by atoms with Crippen LogP contribution in [0.15, 0.2) is 23.1 Å². The standard InChI is InChI=1S/C12H10ClN5O/c1-6-7(2)11-15-16-12(18(11)17-10(6)13)8-3-4-9(19)14-5-8/h3-5H,1-2H3,(H,14,19). The van der Waals surface area contributed by atoms with Crippen molar-refractivity contribution in [2.45, 2.75) is 13.8 Å². The number of rotatable bonds is 1. The van der Waals surface area contributed by atoms with E-state index in [-0.39, 0.29) is 5.56 Å². The van der Waals surface area contributed by atoms with Gasteiger partial charge in [0.2, 0.25) is 5.56 Å². The van der Waals surface area contributed by atoms with Crippen LogP contribution >= 0.6 is 11.6 Å². The van der Waals surface area contributed by atoms with E-state index in [0.29, 0.717) is 16.6 Å². The third-order valence-corrected chi connectivity index (χ3v) is 3.44. The van der Waals surface area contributed by atoms with Gasteiger partial charge in [-0.15, -0.1) is 10.2 Å². The molecule has 96 valence electrons. The Kier molecular flexibility index (Phi) is 2.60. The number of nitrogens with zero attached hydrogens (tertiary/aromatic N) is 4. The number of fused-ring (bicyclic) bond motifs is 1. The average Bonchev–Trinajstić information content (AvgIpc) is 2.81. The first-order chi connectivity index (χ1) is 9.08. The largest absolute Gasteiger partial charge is 0.328 e. The van der Waals surface area contributed by atoms with Gasteiger partial charge < -0.3 is 4.98 Å². The molecule has 19 heavy (non-hydrogen) atoms. The van der Waals surface area contributed by atoms with Crippen molar-refractivity contribution in [2.75, 3.05) is 0 Å². The van der Waals surface area contributed by atoms with Crippen LogP contribution in [0.25, 0.3) is 17.0 Å². The second kappa shape index (κ2) is 4.17. The van der Waals surface area contributed by atoms with Gasteiger partial charge in [0.25, 0.3) is 0 Å². The summed E-state index contributed by atoms with van der Waals surface area (Å²) < 4.78 is 1.58. The molecule has 0 saturated carbocycles. The highest BCUT2D eigenvalue weighted by molar-refractivity contribution is 6.30. The monoisotopic (exact) mass is 275 g/mol. The smallest absolute Gasteiger partial charge is 0.247 e. The molecule has 0 aromatic carbocycles. The van der Waals surface area contributed by atoms with Crippen molar-refractivity contribution in [3.05, 3.63) is 45.0 Å². The molecule has 3 heterocycles. The Morgan fingerprint density at radius 1 is 1.21 bits per heavy atom. The number of nitrogens with one attached hydrogen (secondary N) is 1. The highest BCUT2D eigenvalue weighted by atomic mass is 35.5. The molecule has 3 rings (SSSR count). The first-order valence-electron chi connectivity index (χ1n) is 5.65. The molecule has 0 amide bonds. The number of aromatic nitrogens is 5. The maximum absolute atomic E-state index is 11.1. The summed E-state index contributed by atoms with van der Waals surface area (Å²) in [6.07, 6.45) is 1.57. The minimum absolute atomic E-state index is 0.171. The average molecular weight is 276 g/mol. The Labute approximate surface area is 113 Å². The molecule has 0 aliphatic rings. The summed E-state index contributed by atoms with van der Waals surface area (Å²) >= 11 is 6.09. The van der Waals surface area contributed by atoms with Crippen LogP contribution in [0.2, 0.25) is 5.15 Å². The number of pyridine rings is 1. The number of aromatic amines is 1. The third kappa shape index (κ3) is 1.80. The molecule has 0 atom stereocenters. The molecule has 0 aliphatic carbocycles. The molecule has 1 N–H and O–H groups in total. The lowest BCUT2D eigenvalue weighted by atomic mass is 10.2. The minimum atomic E-state index is -0.171. The van der Waals surface area contributed by atoms with Gasteiger partial charge in [-0.3, -0.25) is 4.79 Å². The first-order valence-corrected chi connectivity index (χ1v) is 6.03. The first kappa shape index (κ1) is 11.9. The third-order valence-electron chi connectivity index (χ3n) is 3.08. The van der Waals surface area contributed by atoms with Gasteiger partial charge in [0, 0.05) is 23.4 Å². The quantitative estimate of drug-likeness (QED) is 0.734. The van der Waals surface area contributed by atoms with E-state index in [0.717, 1.165) is 16.7 Å². The summed E-state index contributed by atoms with van der Waals surface area (Å²) in [5.41, 5.74) is 3.02. The van der Waals surface area contributed by atoms with E-state index in [1.165, 1.54) is 6.07 Å². The van der Waals surface area contributed by atoms with Crippen molar-refractivity contribution in [1.29, 1.82) is 0 Å². The summed E-state index contributed by atoms with van der Waals surface area (Å²) in [4.78, 5) is 13.7. The molecule has 3 aromatic rings. The number of H-pyrrole nitrogens is 1. The summed E-state index contributed by atoms with van der Waals surface area (Å²) in [5, 5.41) is 12.9. The van der Waals surface area contributed by atoms with E-state index in [1.807, 2.05) is 13.8 Å². The van der Waals surface area contributed by atoms with E-state index in [9.17, 15) is 4.79 Å². The second-order valence-corrected chi connectivity index (χ2v) is 4.60. The fraction of sp³-hybridized carbons (Fsp3) is 0.167. The number of hydrogen-bond acceptors (Lipinski definition) is 4. The van der Waals surface area contributed by atoms with Crippen LogP contribution in [0, 0.1) is 13.8 Å². The van der Waals surface area contributed by atoms with Crippen molar-refractivity contribution in [3.63, 3.8) is 0 Å². The normalized spacial score (nSPS) is 11.1. The molecule has 0 radical (unpaired) electrons. The Balaban J connectivity index is 2.32. The molecule has 0 saturated heterocycles. The Hall–Kier alpha value is -2.21. The lowest BCUT2D eigenvalue weighted by Gasteiger charge is -2.04. The number of aryl methyl sites for hydroxylation is 1. The fourth-order valence-corrected chi connectivity index (χ4v) is 2.04. The molecule has 7 heteroatoms. The fourth-order valence-electron chi connectivity index (χ4n) is 1.82. The van der Waals surface area contributed by atoms with E-state index < -0.39 is 0 Å². The van der Waals surface area contributed by atoms with Gasteiger partial charge in [0.1, 0.15) is 0 Å². The maximum Gasteiger partial charge on any atom is 0.247 e. The molecule has 0 spiro atoms. The van der Waals surface area contributed by atoms with Gasteiger partial charge in [-0.1, -0.05) is 11.6 Å². The molecule has 0 unspecified atom stereocenters. The van der Waals surface area contributed by atoms with Crippen LogP contribution in [0.4, 0.5) is 0 Å². The summed E-state index contributed by atoms with van der Waals surface area (Å²) in [6.45, 7) is 3.81. The van der Waals surface area contributed by atoms with Gasteiger partial charge >= 0.3 is 0 Å². The van der Waals surface area contributed by atoms with Crippen LogP contribution in [-0.4, -0.2) is 24.8 Å². The Morgan fingerprint density at radius 2 is 2.00 bits per heavy atom. The zero-order valence-corrected chi connectivity index (χ0v) is 11.1. The number of hydrogen-bond donors (Lipinski definition) is 1. The lowest BCUT2D eigenvalue weighted by Crippen LogP contribution is -2.04. The summed E-state index contributed by atoms with van der Waals surface area (Å²) in [7, 11) is 0. The number of halogens is 1. The van der Waals surface area contributed by atoms with Gasteiger partial charge in [0.05, 0.1) is 0 Å². The molecular formula is C12H10ClN5O. The zero-order chi connectivity index (χ0) is 13.6. The van der Waals surface area contributed by atoms with Crippen LogP contribution in [-0.2, 0) is 0 Å². The molecular weight excluding hydrogens is 266 g/mol. The summed E-state index contributed by atoms with van der Waals surface area (Å²) in [6, 6.07) is 3.10. The molecule has 0 bridgehead atoms.